The summed E-state index contributed by atoms with van der Waals surface area (Å²) in [6, 6.07) is 18.9. The van der Waals surface area contributed by atoms with E-state index in [0.29, 0.717) is 17.5 Å². The fraction of sp³-hybridized carbons (Fsp3) is 0.0370. The van der Waals surface area contributed by atoms with Crippen molar-refractivity contribution in [3.05, 3.63) is 138 Å². The molecule has 3 aromatic rings. The highest BCUT2D eigenvalue weighted by molar-refractivity contribution is 5.91. The summed E-state index contributed by atoms with van der Waals surface area (Å²) >= 11 is 0. The van der Waals surface area contributed by atoms with E-state index in [0.717, 1.165) is 17.2 Å². The van der Waals surface area contributed by atoms with E-state index in [1.165, 1.54) is 30.3 Å². The molecule has 166 valence electrons. The van der Waals surface area contributed by atoms with Gasteiger partial charge in [-0.1, -0.05) is 37.4 Å². The molecule has 0 amide bonds. The van der Waals surface area contributed by atoms with Gasteiger partial charge in [-0.2, -0.15) is 0 Å². The molecule has 33 heavy (non-hydrogen) atoms. The molecule has 4 nitrogen and oxygen atoms in total. The Bertz CT molecular complexity index is 1190. The quantitative estimate of drug-likeness (QED) is 0.175. The Kier molecular flexibility index (Phi) is 7.65. The van der Waals surface area contributed by atoms with Crippen molar-refractivity contribution in [2.75, 3.05) is 0 Å². The molecule has 0 aliphatic carbocycles. The van der Waals surface area contributed by atoms with E-state index in [1.54, 1.807) is 48.5 Å². The first-order chi connectivity index (χ1) is 15.8. The highest BCUT2D eigenvalue weighted by Crippen LogP contribution is 2.16. The lowest BCUT2D eigenvalue weighted by Crippen LogP contribution is -2.08. The minimum Gasteiger partial charge on any atom is -0.424 e. The lowest BCUT2D eigenvalue weighted by Gasteiger charge is -2.07. The number of ether oxygens (including phenoxy) is 2. The fourth-order valence-electron chi connectivity index (χ4n) is 2.82. The van der Waals surface area contributed by atoms with Crippen LogP contribution in [0.2, 0.25) is 0 Å². The summed E-state index contributed by atoms with van der Waals surface area (Å²) in [5, 5.41) is 0. The average Bonchev–Trinajstić information content (AvgIpc) is 2.80. The molecular weight excluding hydrogens is 426 g/mol. The van der Waals surface area contributed by atoms with Crippen LogP contribution in [0.5, 0.6) is 5.75 Å². The molecule has 0 radical (unpaired) electrons. The van der Waals surface area contributed by atoms with Crippen molar-refractivity contribution in [3.8, 4) is 5.75 Å². The minimum absolute atomic E-state index is 0.000853. The van der Waals surface area contributed by atoms with Gasteiger partial charge in [0.15, 0.2) is 0 Å². The van der Waals surface area contributed by atoms with Crippen LogP contribution in [0.15, 0.2) is 110 Å². The van der Waals surface area contributed by atoms with Gasteiger partial charge < -0.3 is 9.47 Å². The highest BCUT2D eigenvalue weighted by Gasteiger charge is 2.10. The van der Waals surface area contributed by atoms with Crippen LogP contribution in [-0.2, 0) is 11.2 Å². The Morgan fingerprint density at radius 3 is 1.79 bits per heavy atom. The predicted molar refractivity (Wildman–Crippen MR) is 121 cm³/mol. The van der Waals surface area contributed by atoms with E-state index in [2.05, 4.69) is 13.2 Å². The summed E-state index contributed by atoms with van der Waals surface area (Å²) in [7, 11) is 0. The van der Waals surface area contributed by atoms with E-state index in [1.807, 2.05) is 0 Å². The van der Waals surface area contributed by atoms with E-state index in [9.17, 15) is 18.4 Å². The van der Waals surface area contributed by atoms with Crippen molar-refractivity contribution < 1.29 is 27.8 Å². The number of carbonyl (C=O) groups is 2. The Hall–Kier alpha value is -4.32. The molecule has 3 rings (SSSR count). The molecule has 0 fully saturated rings. The molecule has 0 aliphatic heterocycles. The van der Waals surface area contributed by atoms with Crippen LogP contribution in [0.25, 0.3) is 0 Å². The van der Waals surface area contributed by atoms with Crippen LogP contribution < -0.4 is 4.74 Å². The van der Waals surface area contributed by atoms with Crippen LogP contribution >= 0.6 is 0 Å². The largest absolute Gasteiger partial charge is 0.424 e. The maximum atomic E-state index is 13.0. The summed E-state index contributed by atoms with van der Waals surface area (Å²) in [5.74, 6) is -1.97. The van der Waals surface area contributed by atoms with Crippen molar-refractivity contribution >= 4 is 11.9 Å². The van der Waals surface area contributed by atoms with Gasteiger partial charge in [0.1, 0.15) is 23.2 Å². The average molecular weight is 446 g/mol. The molecular formula is C27H20F2O4. The SMILES string of the molecule is C=C(F)/C=C\C(=C)OC(=O)c1ccc(Cc2ccc(C(=O)Oc3ccc(F)cc3)cc2)cc1. The summed E-state index contributed by atoms with van der Waals surface area (Å²) in [6.07, 6.45) is 2.84. The normalized spacial score (nSPS) is 10.6. The first-order valence-corrected chi connectivity index (χ1v) is 9.89. The second kappa shape index (κ2) is 10.8. The first-order valence-electron chi connectivity index (χ1n) is 9.89. The van der Waals surface area contributed by atoms with Gasteiger partial charge >= 0.3 is 11.9 Å². The number of carbonyl (C=O) groups excluding carboxylic acids is 2. The van der Waals surface area contributed by atoms with Crippen LogP contribution in [0.1, 0.15) is 31.8 Å². The monoisotopic (exact) mass is 446 g/mol. The van der Waals surface area contributed by atoms with Gasteiger partial charge in [-0.25, -0.2) is 18.4 Å². The second-order valence-electron chi connectivity index (χ2n) is 7.05. The third kappa shape index (κ3) is 7.11. The minimum atomic E-state index is -0.672. The van der Waals surface area contributed by atoms with Crippen molar-refractivity contribution in [1.29, 1.82) is 0 Å². The number of esters is 2. The molecule has 0 saturated heterocycles. The van der Waals surface area contributed by atoms with Gasteiger partial charge in [0.05, 0.1) is 11.1 Å². The van der Waals surface area contributed by atoms with Crippen LogP contribution in [-0.4, -0.2) is 11.9 Å². The summed E-state index contributed by atoms with van der Waals surface area (Å²) in [5.41, 5.74) is 2.59. The highest BCUT2D eigenvalue weighted by atomic mass is 19.1. The number of allylic oxidation sites excluding steroid dienone is 3. The van der Waals surface area contributed by atoms with E-state index in [4.69, 9.17) is 9.47 Å². The zero-order chi connectivity index (χ0) is 23.8. The summed E-state index contributed by atoms with van der Waals surface area (Å²) in [6.45, 7) is 6.60. The maximum absolute atomic E-state index is 13.0. The standard InChI is InChI=1S/C27H20F2O4/c1-18(28)3-4-19(2)32-26(30)22-9-5-20(6-10-22)17-21-7-11-23(12-8-21)27(31)33-25-15-13-24(29)14-16-25/h3-16H,1-2,17H2/b4-3-. The van der Waals surface area contributed by atoms with Crippen LogP contribution in [0.4, 0.5) is 8.78 Å². The number of rotatable bonds is 8. The topological polar surface area (TPSA) is 52.6 Å². The molecule has 6 heteroatoms. The Morgan fingerprint density at radius 1 is 0.758 bits per heavy atom. The lowest BCUT2D eigenvalue weighted by atomic mass is 10.0. The predicted octanol–water partition coefficient (Wildman–Crippen LogP) is 6.35. The zero-order valence-electron chi connectivity index (χ0n) is 17.6. The Labute approximate surface area is 190 Å². The number of benzene rings is 3. The van der Waals surface area contributed by atoms with Crippen molar-refractivity contribution in [2.24, 2.45) is 0 Å². The molecule has 0 atom stereocenters. The molecule has 0 aliphatic rings. The van der Waals surface area contributed by atoms with Crippen molar-refractivity contribution in [2.45, 2.75) is 6.42 Å². The van der Waals surface area contributed by atoms with Gasteiger partial charge in [-0.15, -0.1) is 0 Å². The first kappa shape index (κ1) is 23.3. The molecule has 0 saturated carbocycles. The second-order valence-corrected chi connectivity index (χ2v) is 7.05. The van der Waals surface area contributed by atoms with E-state index in [-0.39, 0.29) is 11.5 Å². The molecule has 0 N–H and O–H groups in total. The number of hydrogen-bond donors (Lipinski definition) is 0. The van der Waals surface area contributed by atoms with Crippen LogP contribution in [0, 0.1) is 5.82 Å². The van der Waals surface area contributed by atoms with Gasteiger partial charge in [-0.05, 0) is 78.2 Å². The molecule has 0 aromatic heterocycles. The van der Waals surface area contributed by atoms with E-state index >= 15 is 0 Å². The van der Waals surface area contributed by atoms with Crippen molar-refractivity contribution in [1.82, 2.24) is 0 Å². The fourth-order valence-corrected chi connectivity index (χ4v) is 2.82. The number of hydrogen-bond acceptors (Lipinski definition) is 4. The molecule has 0 unspecified atom stereocenters. The van der Waals surface area contributed by atoms with Gasteiger partial charge in [0.2, 0.25) is 0 Å². The smallest absolute Gasteiger partial charge is 0.343 e. The Balaban J connectivity index is 1.57. The summed E-state index contributed by atoms with van der Waals surface area (Å²) < 4.78 is 35.8. The molecule has 3 aromatic carbocycles. The zero-order valence-corrected chi connectivity index (χ0v) is 17.6. The molecule has 0 bridgehead atoms. The number of halogens is 2. The third-order valence-corrected chi connectivity index (χ3v) is 4.49. The maximum Gasteiger partial charge on any atom is 0.343 e. The van der Waals surface area contributed by atoms with E-state index < -0.39 is 23.6 Å². The lowest BCUT2D eigenvalue weighted by molar-refractivity contribution is 0.0637. The van der Waals surface area contributed by atoms with Gasteiger partial charge in [0.25, 0.3) is 0 Å². The molecule has 0 spiro atoms. The van der Waals surface area contributed by atoms with Gasteiger partial charge in [0, 0.05) is 0 Å². The van der Waals surface area contributed by atoms with Crippen LogP contribution in [0.3, 0.4) is 0 Å². The molecule has 0 heterocycles. The third-order valence-electron chi connectivity index (χ3n) is 4.49. The van der Waals surface area contributed by atoms with Crippen molar-refractivity contribution in [3.63, 3.8) is 0 Å². The summed E-state index contributed by atoms with van der Waals surface area (Å²) in [4.78, 5) is 24.4. The Morgan fingerprint density at radius 2 is 1.27 bits per heavy atom. The van der Waals surface area contributed by atoms with Gasteiger partial charge in [-0.3, -0.25) is 0 Å².